The molecule has 2 aromatic carbocycles. The molecule has 0 unspecified atom stereocenters. The number of benzene rings is 2. The first kappa shape index (κ1) is 23.5. The highest BCUT2D eigenvalue weighted by Gasteiger charge is 2.29. The Bertz CT molecular complexity index is 1170. The summed E-state index contributed by atoms with van der Waals surface area (Å²) < 4.78 is 11.0. The average Bonchev–Trinajstić information content (AvgIpc) is 3.10. The third-order valence-corrected chi connectivity index (χ3v) is 5.69. The van der Waals surface area contributed by atoms with Crippen LogP contribution in [-0.4, -0.2) is 29.3 Å². The molecule has 4 rings (SSSR count). The van der Waals surface area contributed by atoms with E-state index in [2.05, 4.69) is 34.6 Å². The molecule has 0 saturated heterocycles. The number of hydrogen-bond acceptors (Lipinski definition) is 5. The molecule has 1 aliphatic carbocycles. The summed E-state index contributed by atoms with van der Waals surface area (Å²) >= 11 is 0. The highest BCUT2D eigenvalue weighted by molar-refractivity contribution is 5.85. The van der Waals surface area contributed by atoms with Crippen molar-refractivity contribution in [2.75, 3.05) is 11.9 Å². The minimum Gasteiger partial charge on any atom is -0.460 e. The van der Waals surface area contributed by atoms with Crippen LogP contribution in [0.25, 0.3) is 11.1 Å². The Hall–Kier alpha value is -3.67. The molecular weight excluding hydrogens is 428 g/mol. The first-order valence-corrected chi connectivity index (χ1v) is 11.5. The lowest BCUT2D eigenvalue weighted by Gasteiger charge is -2.19. The number of carbonyl (C=O) groups is 2. The second kappa shape index (κ2) is 9.67. The van der Waals surface area contributed by atoms with E-state index in [0.717, 1.165) is 22.3 Å². The van der Waals surface area contributed by atoms with Gasteiger partial charge in [-0.2, -0.15) is 0 Å². The Morgan fingerprint density at radius 2 is 1.62 bits per heavy atom. The minimum atomic E-state index is -0.572. The predicted molar refractivity (Wildman–Crippen MR) is 132 cm³/mol. The summed E-state index contributed by atoms with van der Waals surface area (Å²) in [5.41, 5.74) is 5.83. The molecule has 34 heavy (non-hydrogen) atoms. The summed E-state index contributed by atoms with van der Waals surface area (Å²) in [4.78, 5) is 29.2. The van der Waals surface area contributed by atoms with E-state index in [9.17, 15) is 9.59 Å². The van der Waals surface area contributed by atoms with Crippen LogP contribution in [0, 0.1) is 6.92 Å². The van der Waals surface area contributed by atoms with E-state index >= 15 is 0 Å². The third kappa shape index (κ3) is 5.45. The smallest absolute Gasteiger partial charge is 0.412 e. The van der Waals surface area contributed by atoms with Crippen molar-refractivity contribution in [1.82, 2.24) is 4.98 Å². The molecule has 1 amide bonds. The lowest BCUT2D eigenvalue weighted by atomic mass is 9.98. The number of aromatic nitrogens is 1. The summed E-state index contributed by atoms with van der Waals surface area (Å²) in [5.74, 6) is 0.0863. The van der Waals surface area contributed by atoms with Crippen LogP contribution in [0.3, 0.4) is 0 Å². The average molecular weight is 459 g/mol. The number of esters is 1. The van der Waals surface area contributed by atoms with E-state index in [0.29, 0.717) is 12.2 Å². The molecule has 0 bridgehead atoms. The summed E-state index contributed by atoms with van der Waals surface area (Å²) in [7, 11) is 0. The number of aryl methyl sites for hydroxylation is 2. The zero-order chi connectivity index (χ0) is 24.3. The van der Waals surface area contributed by atoms with Gasteiger partial charge in [0.05, 0.1) is 0 Å². The topological polar surface area (TPSA) is 77.5 Å². The standard InChI is InChI=1S/C28H30N2O4/c1-18-15-19(13-14-25(31)34-28(2,3)4)26(29-16-18)30-27(32)33-17-24-22-11-7-5-9-20(22)21-10-6-8-12-23(21)24/h5-12,15-16,24H,13-14,17H2,1-4H3,(H,29,30,32). The van der Waals surface area contributed by atoms with Crippen molar-refractivity contribution in [3.05, 3.63) is 83.0 Å². The first-order valence-electron chi connectivity index (χ1n) is 11.5. The number of carbonyl (C=O) groups excluding carboxylic acids is 2. The van der Waals surface area contributed by atoms with E-state index in [1.807, 2.05) is 58.0 Å². The van der Waals surface area contributed by atoms with Crippen LogP contribution in [-0.2, 0) is 20.7 Å². The number of pyridine rings is 1. The predicted octanol–water partition coefficient (Wildman–Crippen LogP) is 6.03. The first-order chi connectivity index (χ1) is 16.2. The summed E-state index contributed by atoms with van der Waals surface area (Å²) in [6, 6.07) is 18.3. The molecule has 0 saturated carbocycles. The quantitative estimate of drug-likeness (QED) is 0.457. The molecule has 0 aliphatic heterocycles. The second-order valence-corrected chi connectivity index (χ2v) is 9.56. The molecule has 6 heteroatoms. The van der Waals surface area contributed by atoms with Gasteiger partial charge in [0.2, 0.25) is 0 Å². The van der Waals surface area contributed by atoms with Crippen LogP contribution >= 0.6 is 0 Å². The van der Waals surface area contributed by atoms with Gasteiger partial charge in [-0.05, 0) is 67.5 Å². The SMILES string of the molecule is Cc1cnc(NC(=O)OCC2c3ccccc3-c3ccccc32)c(CCC(=O)OC(C)(C)C)c1. The summed E-state index contributed by atoms with van der Waals surface area (Å²) in [6.07, 6.45) is 1.71. The number of rotatable bonds is 6. The number of anilines is 1. The van der Waals surface area contributed by atoms with E-state index in [1.165, 1.54) is 11.1 Å². The van der Waals surface area contributed by atoms with E-state index in [4.69, 9.17) is 9.47 Å². The fraction of sp³-hybridized carbons (Fsp3) is 0.321. The molecule has 6 nitrogen and oxygen atoms in total. The number of nitrogens with one attached hydrogen (secondary N) is 1. The monoisotopic (exact) mass is 458 g/mol. The molecule has 3 aromatic rings. The van der Waals surface area contributed by atoms with Crippen molar-refractivity contribution < 1.29 is 19.1 Å². The zero-order valence-corrected chi connectivity index (χ0v) is 20.1. The van der Waals surface area contributed by atoms with Gasteiger partial charge in [-0.15, -0.1) is 0 Å². The van der Waals surface area contributed by atoms with Crippen molar-refractivity contribution in [3.63, 3.8) is 0 Å². The fourth-order valence-corrected chi connectivity index (χ4v) is 4.29. The van der Waals surface area contributed by atoms with Gasteiger partial charge in [0.25, 0.3) is 0 Å². The molecule has 0 radical (unpaired) electrons. The Labute approximate surface area is 200 Å². The lowest BCUT2D eigenvalue weighted by molar-refractivity contribution is -0.154. The van der Waals surface area contributed by atoms with Crippen LogP contribution in [0.15, 0.2) is 60.8 Å². The van der Waals surface area contributed by atoms with Crippen LogP contribution in [0.5, 0.6) is 0 Å². The van der Waals surface area contributed by atoms with Crippen molar-refractivity contribution in [3.8, 4) is 11.1 Å². The normalized spacial score (nSPS) is 12.6. The van der Waals surface area contributed by atoms with Crippen molar-refractivity contribution in [1.29, 1.82) is 0 Å². The molecule has 0 fully saturated rings. The van der Waals surface area contributed by atoms with Crippen molar-refractivity contribution in [2.45, 2.75) is 52.1 Å². The number of fused-ring (bicyclic) bond motifs is 3. The van der Waals surface area contributed by atoms with Gasteiger partial charge in [-0.25, -0.2) is 9.78 Å². The Morgan fingerprint density at radius 1 is 1.00 bits per heavy atom. The Balaban J connectivity index is 1.42. The molecule has 1 aromatic heterocycles. The maximum Gasteiger partial charge on any atom is 0.412 e. The molecule has 0 spiro atoms. The van der Waals surface area contributed by atoms with Gasteiger partial charge in [0.1, 0.15) is 18.0 Å². The van der Waals surface area contributed by atoms with Gasteiger partial charge in [-0.1, -0.05) is 54.6 Å². The zero-order valence-electron chi connectivity index (χ0n) is 20.1. The largest absolute Gasteiger partial charge is 0.460 e. The second-order valence-electron chi connectivity index (χ2n) is 9.56. The van der Waals surface area contributed by atoms with Gasteiger partial charge in [0, 0.05) is 18.5 Å². The van der Waals surface area contributed by atoms with Crippen LogP contribution in [0.1, 0.15) is 55.4 Å². The highest BCUT2D eigenvalue weighted by atomic mass is 16.6. The van der Waals surface area contributed by atoms with Crippen molar-refractivity contribution >= 4 is 17.9 Å². The fourth-order valence-electron chi connectivity index (χ4n) is 4.29. The van der Waals surface area contributed by atoms with Gasteiger partial charge < -0.3 is 9.47 Å². The van der Waals surface area contributed by atoms with Gasteiger partial charge >= 0.3 is 12.1 Å². The number of amides is 1. The molecule has 176 valence electrons. The number of ether oxygens (including phenoxy) is 2. The maximum atomic E-state index is 12.7. The minimum absolute atomic E-state index is 0.0178. The van der Waals surface area contributed by atoms with Crippen molar-refractivity contribution in [2.24, 2.45) is 0 Å². The number of hydrogen-bond donors (Lipinski definition) is 1. The van der Waals surface area contributed by atoms with Crippen LogP contribution < -0.4 is 5.32 Å². The lowest BCUT2D eigenvalue weighted by Crippen LogP contribution is -2.24. The van der Waals surface area contributed by atoms with Crippen LogP contribution in [0.4, 0.5) is 10.6 Å². The molecule has 1 N–H and O–H groups in total. The van der Waals surface area contributed by atoms with Crippen LogP contribution in [0.2, 0.25) is 0 Å². The summed E-state index contributed by atoms with van der Waals surface area (Å²) in [6.45, 7) is 7.65. The number of nitrogens with zero attached hydrogens (tertiary/aromatic N) is 1. The van der Waals surface area contributed by atoms with Gasteiger partial charge in [-0.3, -0.25) is 10.1 Å². The maximum absolute atomic E-state index is 12.7. The highest BCUT2D eigenvalue weighted by Crippen LogP contribution is 2.44. The Morgan fingerprint density at radius 3 is 2.24 bits per heavy atom. The molecule has 1 aliphatic rings. The van der Waals surface area contributed by atoms with E-state index < -0.39 is 11.7 Å². The molecule has 0 atom stereocenters. The van der Waals surface area contributed by atoms with Gasteiger partial charge in [0.15, 0.2) is 0 Å². The third-order valence-electron chi connectivity index (χ3n) is 5.69. The molecule has 1 heterocycles. The Kier molecular flexibility index (Phi) is 6.68. The molecular formula is C28H30N2O4. The summed E-state index contributed by atoms with van der Waals surface area (Å²) in [5, 5.41) is 2.76. The van der Waals surface area contributed by atoms with E-state index in [-0.39, 0.29) is 24.9 Å². The van der Waals surface area contributed by atoms with E-state index in [1.54, 1.807) is 6.20 Å².